The van der Waals surface area contributed by atoms with Crippen molar-refractivity contribution in [3.05, 3.63) is 44.0 Å². The van der Waals surface area contributed by atoms with E-state index in [9.17, 15) is 9.59 Å². The molecule has 168 valence electrons. The fourth-order valence-electron chi connectivity index (χ4n) is 3.05. The minimum atomic E-state index is -1.16. The maximum atomic E-state index is 12.8. The van der Waals surface area contributed by atoms with Crippen molar-refractivity contribution < 1.29 is 14.3 Å². The number of halogens is 2. The Morgan fingerprint density at radius 2 is 2.09 bits per heavy atom. The van der Waals surface area contributed by atoms with Crippen molar-refractivity contribution in [2.24, 2.45) is 4.99 Å². The summed E-state index contributed by atoms with van der Waals surface area (Å²) in [6, 6.07) is 8.56. The van der Waals surface area contributed by atoms with E-state index < -0.39 is 5.54 Å². The van der Waals surface area contributed by atoms with E-state index in [1.807, 2.05) is 11.1 Å². The van der Waals surface area contributed by atoms with E-state index in [0.717, 1.165) is 3.79 Å². The van der Waals surface area contributed by atoms with Crippen LogP contribution in [0.3, 0.4) is 0 Å². The maximum Gasteiger partial charge on any atom is 0.262 e. The van der Waals surface area contributed by atoms with Crippen molar-refractivity contribution in [2.75, 3.05) is 30.0 Å². The number of nitrogens with zero attached hydrogens (tertiary/aromatic N) is 3. The summed E-state index contributed by atoms with van der Waals surface area (Å²) >= 11 is 11.1. The van der Waals surface area contributed by atoms with E-state index >= 15 is 0 Å². The Hall–Kier alpha value is -2.45. The van der Waals surface area contributed by atoms with Crippen LogP contribution < -0.4 is 15.5 Å². The first-order valence-corrected chi connectivity index (χ1v) is 11.7. The van der Waals surface area contributed by atoms with Gasteiger partial charge in [0.2, 0.25) is 12.1 Å². The fourth-order valence-corrected chi connectivity index (χ4v) is 4.61. The van der Waals surface area contributed by atoms with Gasteiger partial charge in [-0.2, -0.15) is 10.3 Å². The number of hydrogen-bond acceptors (Lipinski definition) is 6. The van der Waals surface area contributed by atoms with Gasteiger partial charge in [0.05, 0.1) is 32.6 Å². The lowest BCUT2D eigenvalue weighted by Gasteiger charge is -2.26. The Morgan fingerprint density at radius 1 is 1.31 bits per heavy atom. The van der Waals surface area contributed by atoms with E-state index in [-0.39, 0.29) is 11.8 Å². The van der Waals surface area contributed by atoms with Gasteiger partial charge >= 0.3 is 0 Å². The van der Waals surface area contributed by atoms with Gasteiger partial charge in [0.1, 0.15) is 11.4 Å². The zero-order chi connectivity index (χ0) is 23.3. The molecule has 1 aromatic heterocycles. The Balaban J connectivity index is 1.73. The smallest absolute Gasteiger partial charge is 0.262 e. The van der Waals surface area contributed by atoms with Crippen molar-refractivity contribution >= 4 is 67.9 Å². The van der Waals surface area contributed by atoms with Gasteiger partial charge in [-0.3, -0.25) is 9.59 Å². The average molecular weight is 539 g/mol. The third kappa shape index (κ3) is 5.86. The molecular weight excluding hydrogens is 518 g/mol. The molecule has 1 aliphatic heterocycles. The highest BCUT2D eigenvalue weighted by molar-refractivity contribution is 9.11. The predicted octanol–water partition coefficient (Wildman–Crippen LogP) is 4.42. The number of ether oxygens (including phenoxy) is 1. The van der Waals surface area contributed by atoms with Crippen molar-refractivity contribution in [3.63, 3.8) is 0 Å². The molecule has 0 radical (unpaired) electrons. The highest BCUT2D eigenvalue weighted by atomic mass is 79.9. The molecule has 1 aromatic carbocycles. The highest BCUT2D eigenvalue weighted by Gasteiger charge is 2.30. The molecule has 0 spiro atoms. The molecule has 1 saturated heterocycles. The van der Waals surface area contributed by atoms with Gasteiger partial charge in [0.15, 0.2) is 0 Å². The highest BCUT2D eigenvalue weighted by Crippen LogP contribution is 2.31. The summed E-state index contributed by atoms with van der Waals surface area (Å²) in [6.07, 6.45) is 2.32. The van der Waals surface area contributed by atoms with Gasteiger partial charge in [-0.15, -0.1) is 11.3 Å². The predicted molar refractivity (Wildman–Crippen MR) is 129 cm³/mol. The Kier molecular flexibility index (Phi) is 7.90. The van der Waals surface area contributed by atoms with E-state index in [4.69, 9.17) is 21.6 Å². The summed E-state index contributed by atoms with van der Waals surface area (Å²) in [5.41, 5.74) is -0.0113. The number of benzene rings is 1. The molecular formula is C21H21BrClN5O3S. The van der Waals surface area contributed by atoms with Gasteiger partial charge < -0.3 is 20.3 Å². The van der Waals surface area contributed by atoms with Crippen LogP contribution in [0.25, 0.3) is 0 Å². The first-order chi connectivity index (χ1) is 15.2. The third-order valence-electron chi connectivity index (χ3n) is 4.71. The number of aliphatic imine (C=N–C) groups is 1. The van der Waals surface area contributed by atoms with Crippen LogP contribution in [0.5, 0.6) is 0 Å². The summed E-state index contributed by atoms with van der Waals surface area (Å²) in [7, 11) is 0. The molecule has 2 heterocycles. The van der Waals surface area contributed by atoms with Gasteiger partial charge in [0, 0.05) is 18.7 Å². The summed E-state index contributed by atoms with van der Waals surface area (Å²) in [4.78, 5) is 31.5. The Bertz CT molecular complexity index is 1100. The van der Waals surface area contributed by atoms with E-state index in [0.29, 0.717) is 53.3 Å². The van der Waals surface area contributed by atoms with Gasteiger partial charge in [-0.05, 0) is 60.1 Å². The van der Waals surface area contributed by atoms with Crippen LogP contribution in [0, 0.1) is 11.5 Å². The quantitative estimate of drug-likeness (QED) is 0.548. The number of anilines is 2. The summed E-state index contributed by atoms with van der Waals surface area (Å²) in [5, 5.41) is 14.9. The number of nitriles is 1. The molecule has 2 amide bonds. The molecule has 2 aromatic rings. The molecule has 2 N–H and O–H groups in total. The second kappa shape index (κ2) is 10.4. The van der Waals surface area contributed by atoms with Crippen LogP contribution in [-0.4, -0.2) is 42.9 Å². The molecule has 8 nitrogen and oxygen atoms in total. The second-order valence-corrected chi connectivity index (χ2v) is 10.3. The van der Waals surface area contributed by atoms with Crippen LogP contribution in [-0.2, 0) is 9.53 Å². The zero-order valence-corrected chi connectivity index (χ0v) is 20.6. The number of nitrogens with one attached hydrogen (secondary N) is 2. The van der Waals surface area contributed by atoms with Crippen LogP contribution in [0.1, 0.15) is 29.9 Å². The maximum absolute atomic E-state index is 12.8. The van der Waals surface area contributed by atoms with E-state index in [2.05, 4.69) is 31.6 Å². The molecule has 1 fully saturated rings. The van der Waals surface area contributed by atoms with Gasteiger partial charge in [-0.25, -0.2) is 0 Å². The topological polar surface area (TPSA) is 107 Å². The number of thiophene rings is 1. The number of hydrogen-bond donors (Lipinski definition) is 2. The molecule has 0 aliphatic carbocycles. The molecule has 11 heteroatoms. The normalized spacial score (nSPS) is 15.7. The standard InChI is InChI=1S/C21H21BrClN5O3S/c1-21(2,27-19(29)16-5-6-17(22)32-16)20(30)26-13-3-4-15(14(23)11-13)28-8-10-31-9-7-18(28)25-12-24/h3-6,11H,7-10H2,1-2H3,(H,26,30)(H,27,29)/b25-18-. The lowest BCUT2D eigenvalue weighted by Crippen LogP contribution is -2.52. The lowest BCUT2D eigenvalue weighted by atomic mass is 10.0. The van der Waals surface area contributed by atoms with Crippen molar-refractivity contribution in [1.82, 2.24) is 5.32 Å². The summed E-state index contributed by atoms with van der Waals surface area (Å²) in [5.74, 6) is -0.144. The minimum absolute atomic E-state index is 0.332. The molecule has 0 bridgehead atoms. The van der Waals surface area contributed by atoms with Crippen LogP contribution >= 0.6 is 38.9 Å². The Labute approximate surface area is 203 Å². The first-order valence-electron chi connectivity index (χ1n) is 9.71. The molecule has 0 atom stereocenters. The van der Waals surface area contributed by atoms with Crippen LogP contribution in [0.2, 0.25) is 5.02 Å². The van der Waals surface area contributed by atoms with Crippen molar-refractivity contribution in [1.29, 1.82) is 5.26 Å². The van der Waals surface area contributed by atoms with Gasteiger partial charge in [-0.1, -0.05) is 11.6 Å². The first kappa shape index (κ1) is 24.2. The SMILES string of the molecule is CC(C)(NC(=O)c1ccc(Br)s1)C(=O)Nc1ccc(N2CCOCC/C2=N/C#N)c(Cl)c1. The Morgan fingerprint density at radius 3 is 2.75 bits per heavy atom. The molecule has 1 aliphatic rings. The third-order valence-corrected chi connectivity index (χ3v) is 6.63. The van der Waals surface area contributed by atoms with E-state index in [1.54, 1.807) is 44.2 Å². The minimum Gasteiger partial charge on any atom is -0.379 e. The van der Waals surface area contributed by atoms with Gasteiger partial charge in [0.25, 0.3) is 5.91 Å². The largest absolute Gasteiger partial charge is 0.379 e. The van der Waals surface area contributed by atoms with Crippen LogP contribution in [0.15, 0.2) is 39.1 Å². The molecule has 3 rings (SSSR count). The monoisotopic (exact) mass is 537 g/mol. The van der Waals surface area contributed by atoms with Crippen LogP contribution in [0.4, 0.5) is 11.4 Å². The zero-order valence-electron chi connectivity index (χ0n) is 17.4. The molecule has 32 heavy (non-hydrogen) atoms. The van der Waals surface area contributed by atoms with Crippen molar-refractivity contribution in [3.8, 4) is 6.19 Å². The average Bonchev–Trinajstić information content (AvgIpc) is 3.04. The fraction of sp³-hybridized carbons (Fsp3) is 0.333. The second-order valence-electron chi connectivity index (χ2n) is 7.45. The summed E-state index contributed by atoms with van der Waals surface area (Å²) in [6.45, 7) is 4.71. The number of rotatable bonds is 5. The number of amides is 2. The molecule has 0 saturated carbocycles. The van der Waals surface area contributed by atoms with E-state index in [1.165, 1.54) is 11.3 Å². The lowest BCUT2D eigenvalue weighted by molar-refractivity contribution is -0.120. The van der Waals surface area contributed by atoms with Crippen molar-refractivity contribution in [2.45, 2.75) is 25.8 Å². The number of carbonyl (C=O) groups is 2. The molecule has 0 unspecified atom stereocenters. The number of amidine groups is 1. The summed E-state index contributed by atoms with van der Waals surface area (Å²) < 4.78 is 6.31. The number of carbonyl (C=O) groups excluding carboxylic acids is 2.